The minimum absolute atomic E-state index is 0.00492. The zero-order chi connectivity index (χ0) is 40.6. The van der Waals surface area contributed by atoms with Gasteiger partial charge in [-0.3, -0.25) is 20.0 Å². The number of hydrogen-bond donors (Lipinski definition) is 5. The van der Waals surface area contributed by atoms with Crippen LogP contribution in [0.25, 0.3) is 11.0 Å². The largest absolute Gasteiger partial charge is 0.490 e. The lowest BCUT2D eigenvalue weighted by atomic mass is 9.95. The molecule has 300 valence electrons. The first-order valence-corrected chi connectivity index (χ1v) is 19.7. The Morgan fingerprint density at radius 3 is 2.29 bits per heavy atom. The first-order valence-electron chi connectivity index (χ1n) is 19.7. The first kappa shape index (κ1) is 39.5. The summed E-state index contributed by atoms with van der Waals surface area (Å²) in [6, 6.07) is 26.1. The van der Waals surface area contributed by atoms with Crippen molar-refractivity contribution in [1.82, 2.24) is 19.8 Å². The number of nitrogens with two attached hydrogens (primary N) is 2. The molecule has 14 nitrogen and oxygen atoms in total. The number of nitrogens with zero attached hydrogens (tertiary/aromatic N) is 5. The molecule has 2 fully saturated rings. The number of nitrogen functional groups attached to an aromatic ring is 2. The Balaban J connectivity index is 1.11. The van der Waals surface area contributed by atoms with Crippen molar-refractivity contribution in [2.24, 2.45) is 10.7 Å². The summed E-state index contributed by atoms with van der Waals surface area (Å²) in [6.45, 7) is 2.09. The third-order valence-electron chi connectivity index (χ3n) is 10.8. The Labute approximate surface area is 337 Å². The fourth-order valence-corrected chi connectivity index (χ4v) is 7.58. The van der Waals surface area contributed by atoms with E-state index in [1.807, 2.05) is 54.9 Å². The van der Waals surface area contributed by atoms with Gasteiger partial charge in [-0.1, -0.05) is 37.5 Å². The lowest BCUT2D eigenvalue weighted by Crippen LogP contribution is -2.39. The minimum atomic E-state index is -1.09. The number of rotatable bonds is 14. The molecule has 2 aliphatic rings. The summed E-state index contributed by atoms with van der Waals surface area (Å²) in [6.07, 6.45) is 8.71. The van der Waals surface area contributed by atoms with Crippen LogP contribution in [0.1, 0.15) is 82.6 Å². The molecule has 0 spiro atoms. The number of likely N-dealkylation sites (tertiary alicyclic amines) is 1. The number of piperidine rings is 1. The van der Waals surface area contributed by atoms with Crippen molar-refractivity contribution < 1.29 is 24.2 Å². The van der Waals surface area contributed by atoms with E-state index < -0.39 is 5.97 Å². The highest BCUT2D eigenvalue weighted by Gasteiger charge is 2.25. The maximum absolute atomic E-state index is 14.4. The number of carbonyl (C=O) groups is 3. The second-order valence-electron chi connectivity index (χ2n) is 14.9. The molecule has 1 aliphatic carbocycles. The highest BCUT2D eigenvalue weighted by atomic mass is 16.5. The van der Waals surface area contributed by atoms with E-state index in [2.05, 4.69) is 15.2 Å². The summed E-state index contributed by atoms with van der Waals surface area (Å²) in [5, 5.41) is 20.6. The second-order valence-corrected chi connectivity index (χ2v) is 14.9. The monoisotopic (exact) mass is 783 g/mol. The molecule has 58 heavy (non-hydrogen) atoms. The maximum atomic E-state index is 14.4. The third-order valence-corrected chi connectivity index (χ3v) is 10.8. The zero-order valence-electron chi connectivity index (χ0n) is 32.3. The molecule has 14 heteroatoms. The summed E-state index contributed by atoms with van der Waals surface area (Å²) >= 11 is 0. The Kier molecular flexibility index (Phi) is 12.3. The summed E-state index contributed by atoms with van der Waals surface area (Å²) in [4.78, 5) is 52.7. The lowest BCUT2D eigenvalue weighted by molar-refractivity contribution is -0.122. The van der Waals surface area contributed by atoms with Crippen molar-refractivity contribution in [3.05, 3.63) is 119 Å². The highest BCUT2D eigenvalue weighted by Crippen LogP contribution is 2.28. The quantitative estimate of drug-likeness (QED) is 0.0511. The van der Waals surface area contributed by atoms with E-state index in [9.17, 15) is 19.5 Å². The number of carboxylic acid groups (broad SMARTS) is 1. The molecule has 1 saturated heterocycles. The third kappa shape index (κ3) is 9.63. The van der Waals surface area contributed by atoms with E-state index in [1.165, 1.54) is 30.7 Å². The number of anilines is 2. The number of fused-ring (bicyclic) bond motifs is 1. The number of carbonyl (C=O) groups excluding carboxylic acids is 2. The number of imidazole rings is 1. The van der Waals surface area contributed by atoms with Crippen molar-refractivity contribution in [2.75, 3.05) is 23.7 Å². The van der Waals surface area contributed by atoms with Crippen LogP contribution in [0.4, 0.5) is 11.4 Å². The summed E-state index contributed by atoms with van der Waals surface area (Å²) in [7, 11) is 0. The van der Waals surface area contributed by atoms with Crippen LogP contribution in [-0.2, 0) is 24.4 Å². The number of aromatic carboxylic acids is 1. The average Bonchev–Trinajstić information content (AvgIpc) is 3.57. The van der Waals surface area contributed by atoms with E-state index in [-0.39, 0.29) is 54.0 Å². The number of aromatic nitrogens is 2. The van der Waals surface area contributed by atoms with E-state index in [0.717, 1.165) is 62.9 Å². The SMILES string of the molecule is N=C(N)c1ccc2c(c1)nc(CN(C(=O)c1ccc(C(=O)O)cc1)c1ccc(OC3CCN(C=NCc4ccccc4N)CC3)cc1)n2CC(=O)NC1CCCCC1. The molecule has 0 unspecified atom stereocenters. The predicted octanol–water partition coefficient (Wildman–Crippen LogP) is 5.97. The molecule has 7 rings (SSSR count). The van der Waals surface area contributed by atoms with Crippen LogP contribution in [0.2, 0.25) is 0 Å². The van der Waals surface area contributed by atoms with Gasteiger partial charge in [-0.15, -0.1) is 0 Å². The number of hydrogen-bond acceptors (Lipinski definition) is 8. The van der Waals surface area contributed by atoms with Gasteiger partial charge in [-0.2, -0.15) is 0 Å². The average molecular weight is 784 g/mol. The molecule has 5 aromatic rings. The molecular formula is C44H49N9O5. The van der Waals surface area contributed by atoms with E-state index >= 15 is 0 Å². The molecule has 0 radical (unpaired) electrons. The molecule has 1 aromatic heterocycles. The maximum Gasteiger partial charge on any atom is 0.335 e. The van der Waals surface area contributed by atoms with Crippen LogP contribution in [0, 0.1) is 5.41 Å². The van der Waals surface area contributed by atoms with Gasteiger partial charge in [-0.25, -0.2) is 9.78 Å². The van der Waals surface area contributed by atoms with Gasteiger partial charge >= 0.3 is 5.97 Å². The van der Waals surface area contributed by atoms with Crippen LogP contribution < -0.4 is 26.4 Å². The molecule has 0 bridgehead atoms. The fourth-order valence-electron chi connectivity index (χ4n) is 7.58. The van der Waals surface area contributed by atoms with Gasteiger partial charge in [0.05, 0.1) is 36.0 Å². The van der Waals surface area contributed by atoms with Crippen molar-refractivity contribution in [3.8, 4) is 5.75 Å². The van der Waals surface area contributed by atoms with Crippen molar-refractivity contribution in [3.63, 3.8) is 0 Å². The number of para-hydroxylation sites is 1. The number of nitrogens with one attached hydrogen (secondary N) is 2. The molecule has 1 aliphatic heterocycles. The predicted molar refractivity (Wildman–Crippen MR) is 224 cm³/mol. The van der Waals surface area contributed by atoms with Crippen molar-refractivity contribution in [1.29, 1.82) is 5.41 Å². The van der Waals surface area contributed by atoms with Crippen LogP contribution in [0.3, 0.4) is 0 Å². The number of amides is 2. The van der Waals surface area contributed by atoms with Crippen molar-refractivity contribution >= 4 is 52.4 Å². The Morgan fingerprint density at radius 1 is 0.914 bits per heavy atom. The van der Waals surface area contributed by atoms with Gasteiger partial charge in [0.25, 0.3) is 5.91 Å². The molecule has 1 saturated carbocycles. The van der Waals surface area contributed by atoms with Gasteiger partial charge in [0.15, 0.2) is 0 Å². The normalized spacial score (nSPS) is 15.1. The first-order chi connectivity index (χ1) is 28.1. The number of benzene rings is 4. The molecule has 7 N–H and O–H groups in total. The summed E-state index contributed by atoms with van der Waals surface area (Å²) in [5.41, 5.74) is 16.2. The smallest absolute Gasteiger partial charge is 0.335 e. The molecule has 2 amide bonds. The van der Waals surface area contributed by atoms with Crippen LogP contribution in [0.5, 0.6) is 5.75 Å². The molecule has 4 aromatic carbocycles. The standard InChI is InChI=1S/C44H49N9O5/c45-37-9-5-4-6-32(37)25-48-28-51-22-20-36(21-23-51)58-35-17-15-34(16-18-35)52(43(55)29-10-12-30(13-11-29)44(56)57)26-40-50-38-24-31(42(46)47)14-19-39(38)53(40)27-41(54)49-33-7-2-1-3-8-33/h4-6,9-19,24,28,33,36H,1-3,7-8,20-23,25-27,45H2,(H3,46,47)(H,49,54)(H,56,57). The Morgan fingerprint density at radius 2 is 1.60 bits per heavy atom. The zero-order valence-corrected chi connectivity index (χ0v) is 32.3. The Hall–Kier alpha value is -6.70. The second kappa shape index (κ2) is 18.0. The number of amidine groups is 1. The highest BCUT2D eigenvalue weighted by molar-refractivity contribution is 6.06. The minimum Gasteiger partial charge on any atom is -0.490 e. The van der Waals surface area contributed by atoms with Crippen LogP contribution >= 0.6 is 0 Å². The van der Waals surface area contributed by atoms with Gasteiger partial charge in [0.1, 0.15) is 30.1 Å². The van der Waals surface area contributed by atoms with Crippen molar-refractivity contribution in [2.45, 2.75) is 76.7 Å². The lowest BCUT2D eigenvalue weighted by Gasteiger charge is -2.31. The summed E-state index contributed by atoms with van der Waals surface area (Å²) < 4.78 is 8.19. The molecule has 0 atom stereocenters. The molecule has 2 heterocycles. The number of aliphatic imine (C=N–C) groups is 1. The molecular weight excluding hydrogens is 735 g/mol. The van der Waals surface area contributed by atoms with Crippen LogP contribution in [0.15, 0.2) is 96.0 Å². The Bertz CT molecular complexity index is 2290. The number of carboxylic acids is 1. The fraction of sp³-hybridized carbons (Fsp3) is 0.318. The van der Waals surface area contributed by atoms with E-state index in [4.69, 9.17) is 26.6 Å². The van der Waals surface area contributed by atoms with Gasteiger partial charge in [0, 0.05) is 54.5 Å². The summed E-state index contributed by atoms with van der Waals surface area (Å²) in [5.74, 6) is -0.623. The van der Waals surface area contributed by atoms with Gasteiger partial charge < -0.3 is 41.0 Å². The number of ether oxygens (including phenoxy) is 1. The van der Waals surface area contributed by atoms with E-state index in [1.54, 1.807) is 27.7 Å². The van der Waals surface area contributed by atoms with E-state index in [0.29, 0.717) is 40.4 Å². The van der Waals surface area contributed by atoms with Gasteiger partial charge in [-0.05, 0) is 91.2 Å². The topological polar surface area (TPSA) is 205 Å². The van der Waals surface area contributed by atoms with Gasteiger partial charge in [0.2, 0.25) is 5.91 Å². The van der Waals surface area contributed by atoms with Crippen LogP contribution in [-0.4, -0.2) is 74.8 Å².